The number of rotatable bonds is 5. The number of carbonyl (C=O) groups is 1. The van der Waals surface area contributed by atoms with Crippen molar-refractivity contribution in [2.45, 2.75) is 37.6 Å². The molecule has 1 heterocycles. The average molecular weight is 312 g/mol. The van der Waals surface area contributed by atoms with Gasteiger partial charge in [-0.1, -0.05) is 0 Å². The number of anilines is 1. The first-order valence-corrected chi connectivity index (χ1v) is 8.18. The molecule has 116 valence electrons. The van der Waals surface area contributed by atoms with Crippen molar-refractivity contribution < 1.29 is 13.2 Å². The van der Waals surface area contributed by atoms with E-state index in [-0.39, 0.29) is 23.4 Å². The fourth-order valence-electron chi connectivity index (χ4n) is 2.57. The van der Waals surface area contributed by atoms with Crippen molar-refractivity contribution in [3.63, 3.8) is 0 Å². The Morgan fingerprint density at radius 2 is 1.95 bits per heavy atom. The number of hydrazine groups is 1. The van der Waals surface area contributed by atoms with Gasteiger partial charge in [0.1, 0.15) is 0 Å². The number of hydrogen-bond donors (Lipinski definition) is 4. The SMILES string of the molecule is Cc1cc(NN)cc(C)c1S(=O)(=O)NCC1CCC(=O)N1. The van der Waals surface area contributed by atoms with Crippen molar-refractivity contribution >= 4 is 21.6 Å². The Morgan fingerprint density at radius 1 is 1.33 bits per heavy atom. The normalized spacial score (nSPS) is 18.6. The maximum absolute atomic E-state index is 12.4. The largest absolute Gasteiger partial charge is 0.352 e. The lowest BCUT2D eigenvalue weighted by Gasteiger charge is -2.16. The second-order valence-corrected chi connectivity index (χ2v) is 6.94. The zero-order valence-corrected chi connectivity index (χ0v) is 12.9. The Morgan fingerprint density at radius 3 is 2.43 bits per heavy atom. The highest BCUT2D eigenvalue weighted by atomic mass is 32.2. The highest BCUT2D eigenvalue weighted by Gasteiger charge is 2.25. The monoisotopic (exact) mass is 312 g/mol. The molecule has 1 aromatic carbocycles. The van der Waals surface area contributed by atoms with Crippen LogP contribution in [-0.4, -0.2) is 26.9 Å². The summed E-state index contributed by atoms with van der Waals surface area (Å²) in [6, 6.07) is 3.22. The highest BCUT2D eigenvalue weighted by Crippen LogP contribution is 2.24. The topological polar surface area (TPSA) is 113 Å². The van der Waals surface area contributed by atoms with Gasteiger partial charge in [-0.05, 0) is 43.5 Å². The Hall–Kier alpha value is -1.64. The van der Waals surface area contributed by atoms with Crippen LogP contribution in [0.3, 0.4) is 0 Å². The van der Waals surface area contributed by atoms with E-state index in [4.69, 9.17) is 5.84 Å². The molecule has 0 spiro atoms. The number of nitrogens with two attached hydrogens (primary N) is 1. The van der Waals surface area contributed by atoms with E-state index in [1.807, 2.05) is 0 Å². The van der Waals surface area contributed by atoms with Crippen molar-refractivity contribution in [3.8, 4) is 0 Å². The van der Waals surface area contributed by atoms with Crippen LogP contribution in [-0.2, 0) is 14.8 Å². The number of nitrogens with one attached hydrogen (secondary N) is 3. The number of carbonyl (C=O) groups excluding carboxylic acids is 1. The molecule has 0 bridgehead atoms. The van der Waals surface area contributed by atoms with E-state index in [0.29, 0.717) is 29.7 Å². The van der Waals surface area contributed by atoms with Gasteiger partial charge in [0, 0.05) is 24.7 Å². The number of benzene rings is 1. The molecule has 1 fully saturated rings. The maximum Gasteiger partial charge on any atom is 0.241 e. The lowest BCUT2D eigenvalue weighted by Crippen LogP contribution is -2.38. The van der Waals surface area contributed by atoms with E-state index in [9.17, 15) is 13.2 Å². The molecule has 8 heteroatoms. The van der Waals surface area contributed by atoms with E-state index in [1.165, 1.54) is 0 Å². The molecule has 0 radical (unpaired) electrons. The molecule has 1 aliphatic rings. The van der Waals surface area contributed by atoms with Crippen LogP contribution in [0.25, 0.3) is 0 Å². The summed E-state index contributed by atoms with van der Waals surface area (Å²) in [5.41, 5.74) is 4.40. The fraction of sp³-hybridized carbons (Fsp3) is 0.462. The van der Waals surface area contributed by atoms with Crippen LogP contribution in [0.15, 0.2) is 17.0 Å². The predicted octanol–water partition coefficient (Wildman–Crippen LogP) is 0.146. The van der Waals surface area contributed by atoms with Crippen LogP contribution < -0.4 is 21.3 Å². The molecule has 1 atom stereocenters. The van der Waals surface area contributed by atoms with E-state index in [1.54, 1.807) is 26.0 Å². The Labute approximate surface area is 124 Å². The van der Waals surface area contributed by atoms with Gasteiger partial charge in [-0.25, -0.2) is 13.1 Å². The number of hydrogen-bond acceptors (Lipinski definition) is 5. The first kappa shape index (κ1) is 15.7. The lowest BCUT2D eigenvalue weighted by molar-refractivity contribution is -0.119. The smallest absolute Gasteiger partial charge is 0.241 e. The van der Waals surface area contributed by atoms with Crippen molar-refractivity contribution in [3.05, 3.63) is 23.3 Å². The van der Waals surface area contributed by atoms with Gasteiger partial charge >= 0.3 is 0 Å². The van der Waals surface area contributed by atoms with Crippen LogP contribution in [0, 0.1) is 13.8 Å². The minimum Gasteiger partial charge on any atom is -0.352 e. The van der Waals surface area contributed by atoms with Crippen LogP contribution in [0.5, 0.6) is 0 Å². The van der Waals surface area contributed by atoms with E-state index in [2.05, 4.69) is 15.5 Å². The molecule has 0 saturated carbocycles. The average Bonchev–Trinajstić information content (AvgIpc) is 2.81. The Kier molecular flexibility index (Phi) is 4.50. The summed E-state index contributed by atoms with van der Waals surface area (Å²) in [5.74, 6) is 5.31. The molecule has 1 aromatic rings. The molecule has 1 amide bonds. The summed E-state index contributed by atoms with van der Waals surface area (Å²) >= 11 is 0. The van der Waals surface area contributed by atoms with Crippen LogP contribution in [0.1, 0.15) is 24.0 Å². The predicted molar refractivity (Wildman–Crippen MR) is 80.1 cm³/mol. The van der Waals surface area contributed by atoms with E-state index >= 15 is 0 Å². The molecule has 5 N–H and O–H groups in total. The lowest BCUT2D eigenvalue weighted by atomic mass is 10.1. The summed E-state index contributed by atoms with van der Waals surface area (Å²) in [6.45, 7) is 3.64. The molecule has 1 aliphatic heterocycles. The molecule has 21 heavy (non-hydrogen) atoms. The molecular formula is C13H20N4O3S. The van der Waals surface area contributed by atoms with Crippen molar-refractivity contribution in [1.29, 1.82) is 0 Å². The summed E-state index contributed by atoms with van der Waals surface area (Å²) < 4.78 is 27.4. The molecule has 1 saturated heterocycles. The minimum atomic E-state index is -3.62. The Balaban J connectivity index is 2.18. The number of sulfonamides is 1. The second kappa shape index (κ2) is 6.00. The zero-order valence-electron chi connectivity index (χ0n) is 12.1. The molecule has 0 aliphatic carbocycles. The number of nitrogen functional groups attached to an aromatic ring is 1. The molecule has 0 aromatic heterocycles. The third kappa shape index (κ3) is 3.52. The van der Waals surface area contributed by atoms with Crippen molar-refractivity contribution in [2.75, 3.05) is 12.0 Å². The first-order chi connectivity index (χ1) is 9.83. The van der Waals surface area contributed by atoms with Crippen LogP contribution in [0.4, 0.5) is 5.69 Å². The number of aryl methyl sites for hydroxylation is 2. The van der Waals surface area contributed by atoms with Gasteiger partial charge in [-0.15, -0.1) is 0 Å². The molecule has 2 rings (SSSR count). The van der Waals surface area contributed by atoms with Gasteiger partial charge in [0.25, 0.3) is 0 Å². The van der Waals surface area contributed by atoms with E-state index in [0.717, 1.165) is 0 Å². The van der Waals surface area contributed by atoms with Gasteiger partial charge in [-0.3, -0.25) is 10.6 Å². The third-order valence-corrected chi connectivity index (χ3v) is 5.23. The molecular weight excluding hydrogens is 292 g/mol. The second-order valence-electron chi connectivity index (χ2n) is 5.24. The standard InChI is InChI=1S/C13H20N4O3S/c1-8-5-11(17-14)6-9(2)13(8)21(19,20)15-7-10-3-4-12(18)16-10/h5-6,10,15,17H,3-4,7,14H2,1-2H3,(H,16,18). The minimum absolute atomic E-state index is 0.0371. The third-order valence-electron chi connectivity index (χ3n) is 3.50. The Bertz CT molecular complexity index is 634. The van der Waals surface area contributed by atoms with Crippen molar-refractivity contribution in [1.82, 2.24) is 10.0 Å². The van der Waals surface area contributed by atoms with Gasteiger partial charge in [0.2, 0.25) is 15.9 Å². The molecule has 7 nitrogen and oxygen atoms in total. The van der Waals surface area contributed by atoms with Crippen LogP contribution in [0.2, 0.25) is 0 Å². The van der Waals surface area contributed by atoms with Gasteiger partial charge in [0.05, 0.1) is 4.90 Å². The van der Waals surface area contributed by atoms with Crippen LogP contribution >= 0.6 is 0 Å². The maximum atomic E-state index is 12.4. The quantitative estimate of drug-likeness (QED) is 0.456. The fourth-order valence-corrected chi connectivity index (χ4v) is 4.10. The first-order valence-electron chi connectivity index (χ1n) is 6.70. The zero-order chi connectivity index (χ0) is 15.6. The molecule has 1 unspecified atom stereocenters. The van der Waals surface area contributed by atoms with Gasteiger partial charge in [0.15, 0.2) is 0 Å². The summed E-state index contributed by atoms with van der Waals surface area (Å²) in [7, 11) is -3.62. The summed E-state index contributed by atoms with van der Waals surface area (Å²) in [5, 5.41) is 2.73. The van der Waals surface area contributed by atoms with Crippen molar-refractivity contribution in [2.24, 2.45) is 5.84 Å². The van der Waals surface area contributed by atoms with Gasteiger partial charge < -0.3 is 10.7 Å². The summed E-state index contributed by atoms with van der Waals surface area (Å²) in [4.78, 5) is 11.4. The summed E-state index contributed by atoms with van der Waals surface area (Å²) in [6.07, 6.45) is 1.09. The van der Waals surface area contributed by atoms with Gasteiger partial charge in [-0.2, -0.15) is 0 Å². The van der Waals surface area contributed by atoms with E-state index < -0.39 is 10.0 Å². The highest BCUT2D eigenvalue weighted by molar-refractivity contribution is 7.89. The number of amides is 1.